The number of anilines is 1. The van der Waals surface area contributed by atoms with Gasteiger partial charge in [-0.1, -0.05) is 38.1 Å². The molecule has 20 nitrogen and oxygen atoms in total. The number of nitrogens with two attached hydrogens (primary N) is 1. The molecule has 0 aliphatic carbocycles. The highest BCUT2D eigenvalue weighted by molar-refractivity contribution is 7.93. The summed E-state index contributed by atoms with van der Waals surface area (Å²) >= 11 is 0.250. The van der Waals surface area contributed by atoms with Crippen LogP contribution in [0, 0.1) is 17.8 Å². The number of hydrogen-bond donors (Lipinski definition) is 4. The Kier molecular flexibility index (Phi) is 20.9. The van der Waals surface area contributed by atoms with E-state index in [0.717, 1.165) is 5.56 Å². The molecule has 23 heteroatoms. The molecule has 3 fully saturated rings. The summed E-state index contributed by atoms with van der Waals surface area (Å²) in [4.78, 5) is 50.2. The van der Waals surface area contributed by atoms with Crippen LogP contribution in [0.4, 0.5) is 14.4 Å². The number of halogens is 1. The standard InChI is InChI=1S/C48H73N9O11S.CH3FS/c1-11-39-48(7)42(57(46(61)68-48)21-13-12-20-56-28-37(53-54-56)33-16-14-17-34(49)22-33)32(5)51-25-29(2)24-47(6,64-10)43(30(3)40(58)31(4)44(60)66-39)67-45-41(59)38(55(8)9)23-35(65-45)26-52-69(62,63)36-18-15-19-50-27-36;1-3-2/h14-19,22,27-32,35,38-39,41-43,45,51-52,59H,11-13,20-21,23-26,49H2,1-10H3;1H3/t29-,30+,31-,32-,35?,38?,39-,41?,42-,43-,45+,47-,48-;/m1./s1. The monoisotopic (exact) mass is 1050 g/mol. The van der Waals surface area contributed by atoms with Gasteiger partial charge in [-0.05, 0) is 111 Å². The Labute approximate surface area is 428 Å². The van der Waals surface area contributed by atoms with E-state index >= 15 is 0 Å². The number of aromatic nitrogens is 4. The third-order valence-electron chi connectivity index (χ3n) is 14.2. The number of likely N-dealkylation sites (N-methyl/N-ethyl adjacent to an activating group) is 1. The number of nitrogens with zero attached hydrogens (tertiary/aromatic N) is 6. The van der Waals surface area contributed by atoms with Crippen molar-refractivity contribution < 1.29 is 55.5 Å². The highest BCUT2D eigenvalue weighted by atomic mass is 32.2. The first-order valence-corrected chi connectivity index (χ1v) is 27.1. The smallest absolute Gasteiger partial charge is 0.410 e. The van der Waals surface area contributed by atoms with Crippen molar-refractivity contribution >= 4 is 45.7 Å². The highest BCUT2D eigenvalue weighted by Crippen LogP contribution is 2.40. The van der Waals surface area contributed by atoms with Crippen LogP contribution < -0.4 is 15.8 Å². The van der Waals surface area contributed by atoms with Gasteiger partial charge in [0.2, 0.25) is 10.0 Å². The minimum absolute atomic E-state index is 0.0103. The van der Waals surface area contributed by atoms with Crippen LogP contribution in [0.25, 0.3) is 11.3 Å². The molecule has 3 saturated heterocycles. The molecule has 3 unspecified atom stereocenters. The fourth-order valence-corrected chi connectivity index (χ4v) is 11.3. The number of fused-ring (bicyclic) bond motifs is 1. The molecule has 6 rings (SSSR count). The van der Waals surface area contributed by atoms with Gasteiger partial charge in [0.1, 0.15) is 28.7 Å². The van der Waals surface area contributed by atoms with Gasteiger partial charge in [-0.25, -0.2) is 17.9 Å². The number of pyridine rings is 1. The van der Waals surface area contributed by atoms with E-state index in [-0.39, 0.29) is 48.4 Å². The number of amides is 1. The second kappa shape index (κ2) is 25.7. The zero-order chi connectivity index (χ0) is 53.1. The van der Waals surface area contributed by atoms with E-state index < -0.39 is 93.7 Å². The zero-order valence-electron chi connectivity index (χ0n) is 43.4. The molecule has 0 bridgehead atoms. The van der Waals surface area contributed by atoms with Crippen molar-refractivity contribution in [3.63, 3.8) is 0 Å². The van der Waals surface area contributed by atoms with E-state index in [9.17, 15) is 31.8 Å². The maximum Gasteiger partial charge on any atom is 0.410 e. The van der Waals surface area contributed by atoms with Crippen molar-refractivity contribution in [3.8, 4) is 11.3 Å². The number of ketones is 1. The molecule has 2 aromatic heterocycles. The lowest BCUT2D eigenvalue weighted by Crippen LogP contribution is -2.61. The van der Waals surface area contributed by atoms with Gasteiger partial charge in [-0.3, -0.25) is 24.2 Å². The third kappa shape index (κ3) is 14.1. The summed E-state index contributed by atoms with van der Waals surface area (Å²) in [5.41, 5.74) is 5.68. The number of sulfonamides is 1. The van der Waals surface area contributed by atoms with Crippen LogP contribution in [0.3, 0.4) is 0 Å². The Hall–Kier alpha value is -4.33. The number of ether oxygens (including phenoxy) is 5. The molecule has 3 aliphatic rings. The fraction of sp³-hybridized carbons (Fsp3) is 0.673. The molecule has 0 spiro atoms. The first-order chi connectivity index (χ1) is 34.0. The van der Waals surface area contributed by atoms with Crippen molar-refractivity contribution in [3.05, 3.63) is 55.0 Å². The summed E-state index contributed by atoms with van der Waals surface area (Å²) in [5.74, 6) is -3.70. The van der Waals surface area contributed by atoms with E-state index in [2.05, 4.69) is 25.3 Å². The number of aliphatic hydroxyl groups is 1. The van der Waals surface area contributed by atoms with Gasteiger partial charge >= 0.3 is 12.1 Å². The summed E-state index contributed by atoms with van der Waals surface area (Å²) in [6.07, 6.45) is 2.32. The Bertz CT molecular complexity index is 2360. The van der Waals surface area contributed by atoms with Crippen LogP contribution in [0.1, 0.15) is 80.6 Å². The lowest BCUT2D eigenvalue weighted by Gasteiger charge is -2.47. The molecule has 5 heterocycles. The minimum atomic E-state index is -3.95. The minimum Gasteiger partial charge on any atom is -0.458 e. The van der Waals surface area contributed by atoms with E-state index in [0.29, 0.717) is 50.3 Å². The average Bonchev–Trinajstić information content (AvgIpc) is 3.93. The summed E-state index contributed by atoms with van der Waals surface area (Å²) < 4.78 is 72.8. The number of carbonyl (C=O) groups excluding carboxylic acids is 3. The third-order valence-corrected chi connectivity index (χ3v) is 15.6. The molecule has 402 valence electrons. The normalized spacial score (nSPS) is 31.9. The van der Waals surface area contributed by atoms with Crippen molar-refractivity contribution in [1.29, 1.82) is 0 Å². The van der Waals surface area contributed by atoms with E-state index in [1.807, 2.05) is 63.1 Å². The molecular weight excluding hydrogens is 974 g/mol. The molecule has 0 radical (unpaired) electrons. The second-order valence-corrected chi connectivity index (χ2v) is 21.9. The molecular formula is C49H76FN9O11S2. The molecule has 3 aromatic rings. The molecule has 13 atom stereocenters. The highest BCUT2D eigenvalue weighted by Gasteiger charge is 2.59. The first kappa shape index (κ1) is 58.6. The molecule has 72 heavy (non-hydrogen) atoms. The topological polar surface area (TPSA) is 252 Å². The van der Waals surface area contributed by atoms with Gasteiger partial charge in [-0.2, -0.15) is 3.89 Å². The SMILES string of the molecule is CC[C@H]1OC(=O)[C@H](C)C(=O)[C@H](C)[C@@H](O[C@@H]2OC(CNS(=O)(=O)c3cccnc3)CC(N(C)C)C2O)[C@](C)(OC)C[C@@H](C)CN[C@H](C)[C@H]2N(CCCCn3cc(-c4cccc(N)c4)nn3)C(=O)O[C@]12C.CSF. The van der Waals surface area contributed by atoms with E-state index in [1.54, 1.807) is 37.5 Å². The van der Waals surface area contributed by atoms with Crippen molar-refractivity contribution in [2.45, 2.75) is 152 Å². The Morgan fingerprint density at radius 3 is 2.44 bits per heavy atom. The number of aryl methyl sites for hydroxylation is 1. The maximum atomic E-state index is 14.6. The van der Waals surface area contributed by atoms with Crippen LogP contribution in [-0.2, 0) is 49.8 Å². The molecule has 5 N–H and O–H groups in total. The van der Waals surface area contributed by atoms with Crippen molar-refractivity contribution in [2.75, 3.05) is 52.8 Å². The number of benzene rings is 1. The Morgan fingerprint density at radius 2 is 1.81 bits per heavy atom. The van der Waals surface area contributed by atoms with E-state index in [4.69, 9.17) is 29.4 Å². The first-order valence-electron chi connectivity index (χ1n) is 24.5. The maximum absolute atomic E-state index is 14.6. The number of nitrogens with one attached hydrogen (secondary N) is 2. The molecule has 3 aliphatic heterocycles. The quantitative estimate of drug-likeness (QED) is 0.0686. The number of esters is 1. The van der Waals surface area contributed by atoms with Crippen LogP contribution in [0.15, 0.2) is 59.9 Å². The number of Topliss-reactive ketones (excluding diaryl/α,β-unsaturated/α-hetero) is 1. The number of rotatable bonds is 15. The van der Waals surface area contributed by atoms with Crippen LogP contribution in [0.2, 0.25) is 0 Å². The summed E-state index contributed by atoms with van der Waals surface area (Å²) in [7, 11) is 1.17. The number of nitrogen functional groups attached to an aromatic ring is 1. The van der Waals surface area contributed by atoms with Gasteiger partial charge in [0, 0.05) is 86.8 Å². The predicted molar refractivity (Wildman–Crippen MR) is 270 cm³/mol. The van der Waals surface area contributed by atoms with Crippen LogP contribution in [-0.4, -0.2) is 168 Å². The van der Waals surface area contributed by atoms with Gasteiger partial charge in [0.05, 0.1) is 30.0 Å². The number of aliphatic hydroxyl groups excluding tert-OH is 1. The van der Waals surface area contributed by atoms with Crippen LogP contribution >= 0.6 is 12.1 Å². The van der Waals surface area contributed by atoms with Crippen LogP contribution in [0.5, 0.6) is 0 Å². The number of unbranched alkanes of at least 4 members (excludes halogenated alkanes) is 1. The second-order valence-electron chi connectivity index (χ2n) is 19.8. The molecule has 0 saturated carbocycles. The van der Waals surface area contributed by atoms with Gasteiger partial charge in [-0.15, -0.1) is 5.10 Å². The van der Waals surface area contributed by atoms with Gasteiger partial charge < -0.3 is 44.7 Å². The number of hydrogen-bond acceptors (Lipinski definition) is 18. The lowest BCUT2D eigenvalue weighted by molar-refractivity contribution is -0.296. The molecule has 1 amide bonds. The number of cyclic esters (lactones) is 1. The van der Waals surface area contributed by atoms with Gasteiger partial charge in [0.15, 0.2) is 17.7 Å². The largest absolute Gasteiger partial charge is 0.458 e. The lowest BCUT2D eigenvalue weighted by atomic mass is 9.78. The summed E-state index contributed by atoms with van der Waals surface area (Å²) in [6, 6.07) is 8.94. The fourth-order valence-electron chi connectivity index (χ4n) is 10.3. The summed E-state index contributed by atoms with van der Waals surface area (Å²) in [6.45, 7) is 13.8. The zero-order valence-corrected chi connectivity index (χ0v) is 45.0. The van der Waals surface area contributed by atoms with Gasteiger partial charge in [0.25, 0.3) is 0 Å². The number of carbonyl (C=O) groups is 3. The Morgan fingerprint density at radius 1 is 1.10 bits per heavy atom. The predicted octanol–water partition coefficient (Wildman–Crippen LogP) is 4.87. The molecule has 1 aromatic carbocycles. The average molecular weight is 1050 g/mol. The Balaban J connectivity index is 0.00000313. The van der Waals surface area contributed by atoms with Crippen molar-refractivity contribution in [2.24, 2.45) is 17.8 Å². The van der Waals surface area contributed by atoms with E-state index in [1.165, 1.54) is 44.8 Å². The summed E-state index contributed by atoms with van der Waals surface area (Å²) in [5, 5.41) is 24.1. The van der Waals surface area contributed by atoms with Crippen molar-refractivity contribution in [1.82, 2.24) is 39.8 Å². The number of methoxy groups -OCH3 is 1.